The summed E-state index contributed by atoms with van der Waals surface area (Å²) >= 11 is 0. The van der Waals surface area contributed by atoms with E-state index in [-0.39, 0.29) is 25.9 Å². The van der Waals surface area contributed by atoms with Crippen LogP contribution in [0.15, 0.2) is 122 Å². The van der Waals surface area contributed by atoms with E-state index >= 15 is 0 Å². The first-order valence-corrected chi connectivity index (χ1v) is 27.5. The summed E-state index contributed by atoms with van der Waals surface area (Å²) in [6.45, 7) is 5.61. The molecule has 12 nitrogen and oxygen atoms in total. The van der Waals surface area contributed by atoms with Crippen LogP contribution in [0.1, 0.15) is 188 Å². The van der Waals surface area contributed by atoms with Gasteiger partial charge in [0, 0.05) is 12.8 Å². The first kappa shape index (κ1) is 66.1. The number of carboxylic acids is 1. The second kappa shape index (κ2) is 48.1. The third-order valence-corrected chi connectivity index (χ3v) is 11.6. The van der Waals surface area contributed by atoms with Crippen LogP contribution >= 0.6 is 0 Å². The minimum Gasteiger partial charge on any atom is -0.479 e. The topological polar surface area (TPSA) is 175 Å². The molecule has 0 aromatic heterocycles. The van der Waals surface area contributed by atoms with E-state index in [1.54, 1.807) is 6.08 Å². The maximum atomic E-state index is 13.1. The second-order valence-electron chi connectivity index (χ2n) is 18.1. The van der Waals surface area contributed by atoms with Gasteiger partial charge >= 0.3 is 23.9 Å². The van der Waals surface area contributed by atoms with Crippen LogP contribution in [0.4, 0.5) is 0 Å². The lowest BCUT2D eigenvalue weighted by atomic mass is 9.98. The molecule has 1 fully saturated rings. The molecule has 1 heterocycles. The number of esters is 3. The Morgan fingerprint density at radius 2 is 0.904 bits per heavy atom. The molecule has 3 N–H and O–H groups in total. The summed E-state index contributed by atoms with van der Waals surface area (Å²) in [6.07, 6.45) is 53.6. The third kappa shape index (κ3) is 38.4. The number of hydrogen-bond donors (Lipinski definition) is 3. The summed E-state index contributed by atoms with van der Waals surface area (Å²) < 4.78 is 28.1. The predicted molar refractivity (Wildman–Crippen MR) is 293 cm³/mol. The molecule has 6 atom stereocenters. The molecule has 0 radical (unpaired) electrons. The number of allylic oxidation sites excluding steroid dienone is 19. The van der Waals surface area contributed by atoms with E-state index in [0.717, 1.165) is 77.0 Å². The van der Waals surface area contributed by atoms with Crippen LogP contribution in [-0.4, -0.2) is 89.2 Å². The first-order valence-electron chi connectivity index (χ1n) is 27.5. The van der Waals surface area contributed by atoms with Crippen molar-refractivity contribution >= 4 is 23.9 Å². The van der Waals surface area contributed by atoms with Crippen molar-refractivity contribution < 1.29 is 58.2 Å². The number of unbranched alkanes of at least 4 members (excludes halogenated alkanes) is 11. The van der Waals surface area contributed by atoms with Gasteiger partial charge in [-0.15, -0.1) is 0 Å². The summed E-state index contributed by atoms with van der Waals surface area (Å²) in [7, 11) is 0. The first-order chi connectivity index (χ1) is 35.6. The summed E-state index contributed by atoms with van der Waals surface area (Å²) in [4.78, 5) is 50.9. The van der Waals surface area contributed by atoms with Gasteiger partial charge in [0.15, 0.2) is 24.6 Å². The van der Waals surface area contributed by atoms with Crippen molar-refractivity contribution in [2.75, 3.05) is 13.2 Å². The van der Waals surface area contributed by atoms with Gasteiger partial charge in [0.25, 0.3) is 0 Å². The lowest BCUT2D eigenvalue weighted by Gasteiger charge is -2.40. The molecule has 0 bridgehead atoms. The highest BCUT2D eigenvalue weighted by molar-refractivity contribution is 5.74. The predicted octanol–water partition coefficient (Wildman–Crippen LogP) is 13.7. The SMILES string of the molecule is CC/C=C\C/C=C\C/C=C\C/C=C\C/C=C\CCCC(=O)OC1C(OCC(COC(=O)C/C=C\C/C=C\C/C=C\C/C=C\C/C=C\CC)OC(=O)CCCCCCCCCCCCC)OC(C(=O)O)C(O)C1O. The number of carbonyl (C=O) groups excluding carboxylic acids is 3. The molecule has 0 saturated carbocycles. The Bertz CT molecular complexity index is 1730. The number of aliphatic carboxylic acids is 1. The Morgan fingerprint density at radius 3 is 1.37 bits per heavy atom. The number of carbonyl (C=O) groups is 4. The van der Waals surface area contributed by atoms with Gasteiger partial charge in [0.1, 0.15) is 18.8 Å². The summed E-state index contributed by atoms with van der Waals surface area (Å²) in [5.74, 6) is -3.38. The maximum absolute atomic E-state index is 13.1. The van der Waals surface area contributed by atoms with Crippen LogP contribution in [-0.2, 0) is 42.9 Å². The molecular formula is C61H94O12. The largest absolute Gasteiger partial charge is 0.479 e. The summed E-state index contributed by atoms with van der Waals surface area (Å²) in [6, 6.07) is 0. The molecule has 410 valence electrons. The van der Waals surface area contributed by atoms with E-state index in [9.17, 15) is 34.5 Å². The van der Waals surface area contributed by atoms with Gasteiger partial charge in [0.05, 0.1) is 13.0 Å². The van der Waals surface area contributed by atoms with Gasteiger partial charge in [-0.2, -0.15) is 0 Å². The van der Waals surface area contributed by atoms with Gasteiger partial charge < -0.3 is 39.0 Å². The van der Waals surface area contributed by atoms with Crippen LogP contribution in [0.5, 0.6) is 0 Å². The minimum absolute atomic E-state index is 0.0248. The van der Waals surface area contributed by atoms with E-state index in [4.69, 9.17) is 23.7 Å². The van der Waals surface area contributed by atoms with Crippen molar-refractivity contribution in [3.05, 3.63) is 122 Å². The highest BCUT2D eigenvalue weighted by Crippen LogP contribution is 2.26. The van der Waals surface area contributed by atoms with Crippen molar-refractivity contribution in [3.8, 4) is 0 Å². The van der Waals surface area contributed by atoms with E-state index in [1.807, 2.05) is 24.3 Å². The fourth-order valence-electron chi connectivity index (χ4n) is 7.42. The fraction of sp³-hybridized carbons (Fsp3) is 0.607. The van der Waals surface area contributed by atoms with E-state index in [2.05, 4.69) is 112 Å². The Kier molecular flexibility index (Phi) is 43.6. The average molecular weight is 1020 g/mol. The molecule has 0 aromatic rings. The zero-order valence-corrected chi connectivity index (χ0v) is 44.8. The van der Waals surface area contributed by atoms with Crippen molar-refractivity contribution in [1.29, 1.82) is 0 Å². The normalized spacial score (nSPS) is 19.3. The molecule has 1 aliphatic rings. The number of aliphatic hydroxyl groups is 2. The van der Waals surface area contributed by atoms with Crippen molar-refractivity contribution in [2.24, 2.45) is 0 Å². The molecule has 1 saturated heterocycles. The molecular weight excluding hydrogens is 925 g/mol. The highest BCUT2D eigenvalue weighted by Gasteiger charge is 2.50. The molecule has 1 rings (SSSR count). The minimum atomic E-state index is -1.94. The van der Waals surface area contributed by atoms with Crippen LogP contribution in [0.25, 0.3) is 0 Å². The quantitative estimate of drug-likeness (QED) is 0.0228. The maximum Gasteiger partial charge on any atom is 0.335 e. The van der Waals surface area contributed by atoms with Crippen LogP contribution in [0, 0.1) is 0 Å². The summed E-state index contributed by atoms with van der Waals surface area (Å²) in [5.41, 5.74) is 0. The van der Waals surface area contributed by atoms with E-state index in [1.165, 1.54) is 44.9 Å². The van der Waals surface area contributed by atoms with Crippen molar-refractivity contribution in [1.82, 2.24) is 0 Å². The number of carboxylic acid groups (broad SMARTS) is 1. The molecule has 1 aliphatic heterocycles. The zero-order chi connectivity index (χ0) is 53.3. The fourth-order valence-corrected chi connectivity index (χ4v) is 7.42. The molecule has 6 unspecified atom stereocenters. The Balaban J connectivity index is 2.80. The average Bonchev–Trinajstić information content (AvgIpc) is 3.37. The standard InChI is InChI=1S/C61H94O12/c1-4-7-10-13-16-19-22-24-26-27-29-31-34-37-40-43-46-49-55(64)72-59-57(66)56(65)58(60(67)68)73-61(59)70-51-52(71-54(63)48-45-42-39-36-32-21-18-15-12-9-6-3)50-69-53(62)47-44-41-38-35-33-30-28-25-23-20-17-14-11-8-5-2/h7-8,10-11,16-17,19-20,24-26,28-29,31,33,35,37,40-41,44,52,56-59,61,65-66H,4-6,9,12-15,18,21-23,27,30,32,34,36,38-39,42-43,45-51H2,1-3H3,(H,67,68)/b10-7-,11-8-,19-16-,20-17-,26-24-,28-25-,31-29-,35-33-,40-37-,44-41-. The number of ether oxygens (including phenoxy) is 5. The second-order valence-corrected chi connectivity index (χ2v) is 18.1. The number of rotatable bonds is 44. The van der Waals surface area contributed by atoms with Gasteiger partial charge in [-0.1, -0.05) is 206 Å². The molecule has 73 heavy (non-hydrogen) atoms. The van der Waals surface area contributed by atoms with Gasteiger partial charge in [-0.05, 0) is 83.5 Å². The monoisotopic (exact) mass is 1020 g/mol. The van der Waals surface area contributed by atoms with Crippen LogP contribution in [0.2, 0.25) is 0 Å². The van der Waals surface area contributed by atoms with Gasteiger partial charge in [-0.3, -0.25) is 14.4 Å². The number of hydrogen-bond acceptors (Lipinski definition) is 11. The lowest BCUT2D eigenvalue weighted by molar-refractivity contribution is -0.301. The van der Waals surface area contributed by atoms with Crippen molar-refractivity contribution in [2.45, 2.75) is 225 Å². The smallest absolute Gasteiger partial charge is 0.335 e. The van der Waals surface area contributed by atoms with Crippen molar-refractivity contribution in [3.63, 3.8) is 0 Å². The lowest BCUT2D eigenvalue weighted by Crippen LogP contribution is -2.61. The van der Waals surface area contributed by atoms with E-state index in [0.29, 0.717) is 25.7 Å². The zero-order valence-electron chi connectivity index (χ0n) is 44.8. The van der Waals surface area contributed by atoms with E-state index < -0.39 is 67.3 Å². The molecule has 12 heteroatoms. The van der Waals surface area contributed by atoms with Gasteiger partial charge in [-0.25, -0.2) is 4.79 Å². The molecule has 0 aromatic carbocycles. The highest BCUT2D eigenvalue weighted by atomic mass is 16.7. The number of aliphatic hydroxyl groups excluding tert-OH is 2. The van der Waals surface area contributed by atoms with Gasteiger partial charge in [0.2, 0.25) is 0 Å². The third-order valence-electron chi connectivity index (χ3n) is 11.6. The molecule has 0 amide bonds. The summed E-state index contributed by atoms with van der Waals surface area (Å²) in [5, 5.41) is 31.4. The van der Waals surface area contributed by atoms with Crippen LogP contribution in [0.3, 0.4) is 0 Å². The Labute approximate surface area is 439 Å². The molecule has 0 spiro atoms. The molecule has 0 aliphatic carbocycles. The Morgan fingerprint density at radius 1 is 0.479 bits per heavy atom. The van der Waals surface area contributed by atoms with Crippen LogP contribution < -0.4 is 0 Å². The Hall–Kier alpha value is -4.88.